The van der Waals surface area contributed by atoms with Gasteiger partial charge >= 0.3 is 11.7 Å². The normalized spacial score (nSPS) is 10.2. The molecule has 9 heteroatoms. The zero-order chi connectivity index (χ0) is 18.6. The SMILES string of the molecule is COc1ccc(Cn2c(OC)c(OC)c(O)c(OC(=O)O)c2=O)cc1. The first kappa shape index (κ1) is 18.0. The van der Waals surface area contributed by atoms with Crippen LogP contribution in [0.4, 0.5) is 4.79 Å². The third kappa shape index (κ3) is 3.60. The van der Waals surface area contributed by atoms with Gasteiger partial charge in [0.05, 0.1) is 27.9 Å². The first-order valence-electron chi connectivity index (χ1n) is 7.04. The number of aromatic hydroxyl groups is 1. The molecule has 2 aromatic rings. The fourth-order valence-corrected chi connectivity index (χ4v) is 2.27. The largest absolute Gasteiger partial charge is 0.511 e. The molecule has 0 saturated heterocycles. The Hall–Kier alpha value is -3.36. The summed E-state index contributed by atoms with van der Waals surface area (Å²) in [5, 5.41) is 18.8. The molecule has 25 heavy (non-hydrogen) atoms. The molecule has 0 saturated carbocycles. The van der Waals surface area contributed by atoms with Gasteiger partial charge in [0.2, 0.25) is 23.1 Å². The molecular weight excluding hydrogens is 334 g/mol. The lowest BCUT2D eigenvalue weighted by atomic mass is 10.2. The summed E-state index contributed by atoms with van der Waals surface area (Å²) in [5.74, 6) is -1.16. The predicted molar refractivity (Wildman–Crippen MR) is 86.2 cm³/mol. The van der Waals surface area contributed by atoms with E-state index in [2.05, 4.69) is 4.74 Å². The summed E-state index contributed by atoms with van der Waals surface area (Å²) in [4.78, 5) is 23.4. The summed E-state index contributed by atoms with van der Waals surface area (Å²) in [7, 11) is 4.06. The Balaban J connectivity index is 2.60. The van der Waals surface area contributed by atoms with Crippen LogP contribution in [-0.2, 0) is 6.54 Å². The van der Waals surface area contributed by atoms with Crippen LogP contribution in [0.25, 0.3) is 0 Å². The van der Waals surface area contributed by atoms with Crippen molar-refractivity contribution >= 4 is 6.16 Å². The minimum Gasteiger partial charge on any atom is -0.501 e. The Morgan fingerprint density at radius 3 is 2.16 bits per heavy atom. The summed E-state index contributed by atoms with van der Waals surface area (Å²) < 4.78 is 20.8. The molecule has 0 aliphatic rings. The van der Waals surface area contributed by atoms with Crippen LogP contribution in [0.2, 0.25) is 0 Å². The van der Waals surface area contributed by atoms with E-state index in [9.17, 15) is 14.7 Å². The number of benzene rings is 1. The molecule has 0 fully saturated rings. The Labute approximate surface area is 142 Å². The number of aromatic nitrogens is 1. The third-order valence-corrected chi connectivity index (χ3v) is 3.40. The van der Waals surface area contributed by atoms with Gasteiger partial charge in [-0.05, 0) is 17.7 Å². The van der Waals surface area contributed by atoms with E-state index in [-0.39, 0.29) is 18.2 Å². The minimum atomic E-state index is -1.74. The van der Waals surface area contributed by atoms with Crippen LogP contribution >= 0.6 is 0 Å². The molecule has 0 aliphatic carbocycles. The first-order chi connectivity index (χ1) is 11.9. The number of nitrogens with zero attached hydrogens (tertiary/aromatic N) is 1. The summed E-state index contributed by atoms with van der Waals surface area (Å²) in [6.07, 6.45) is -1.74. The Morgan fingerprint density at radius 1 is 1.04 bits per heavy atom. The van der Waals surface area contributed by atoms with Gasteiger partial charge in [-0.25, -0.2) is 4.79 Å². The van der Waals surface area contributed by atoms with Crippen LogP contribution in [0, 0.1) is 0 Å². The highest BCUT2D eigenvalue weighted by Crippen LogP contribution is 2.40. The minimum absolute atomic E-state index is 0.0264. The van der Waals surface area contributed by atoms with E-state index >= 15 is 0 Å². The summed E-state index contributed by atoms with van der Waals surface area (Å²) in [5.41, 5.74) is -0.177. The van der Waals surface area contributed by atoms with Crippen LogP contribution in [0.15, 0.2) is 29.1 Å². The maximum atomic E-state index is 12.6. The van der Waals surface area contributed by atoms with Crippen molar-refractivity contribution in [1.29, 1.82) is 0 Å². The van der Waals surface area contributed by atoms with Crippen LogP contribution in [0.3, 0.4) is 0 Å². The molecule has 0 unspecified atom stereocenters. The fourth-order valence-electron chi connectivity index (χ4n) is 2.27. The number of carbonyl (C=O) groups is 1. The van der Waals surface area contributed by atoms with Crippen molar-refractivity contribution in [3.8, 4) is 28.9 Å². The molecular formula is C16H17NO8. The van der Waals surface area contributed by atoms with Crippen LogP contribution in [0.5, 0.6) is 28.9 Å². The zero-order valence-corrected chi connectivity index (χ0v) is 13.8. The highest BCUT2D eigenvalue weighted by atomic mass is 16.7. The molecule has 1 aromatic heterocycles. The molecule has 1 aromatic carbocycles. The van der Waals surface area contributed by atoms with Gasteiger partial charge in [-0.15, -0.1) is 0 Å². The highest BCUT2D eigenvalue weighted by molar-refractivity contribution is 5.65. The second-order valence-corrected chi connectivity index (χ2v) is 4.83. The van der Waals surface area contributed by atoms with Gasteiger partial charge in [-0.3, -0.25) is 9.36 Å². The van der Waals surface area contributed by atoms with Gasteiger partial charge in [-0.1, -0.05) is 12.1 Å². The van der Waals surface area contributed by atoms with Gasteiger partial charge in [0.25, 0.3) is 0 Å². The molecule has 0 spiro atoms. The summed E-state index contributed by atoms with van der Waals surface area (Å²) in [6.45, 7) is 0.0264. The summed E-state index contributed by atoms with van der Waals surface area (Å²) >= 11 is 0. The van der Waals surface area contributed by atoms with Gasteiger partial charge < -0.3 is 29.2 Å². The first-order valence-corrected chi connectivity index (χ1v) is 7.04. The molecule has 0 radical (unpaired) electrons. The van der Waals surface area contributed by atoms with E-state index in [1.54, 1.807) is 24.3 Å². The van der Waals surface area contributed by atoms with E-state index in [1.165, 1.54) is 21.3 Å². The lowest BCUT2D eigenvalue weighted by molar-refractivity contribution is 0.141. The fraction of sp³-hybridized carbons (Fsp3) is 0.250. The number of hydrogen-bond acceptors (Lipinski definition) is 7. The monoisotopic (exact) mass is 351 g/mol. The Bertz CT molecular complexity index is 826. The molecule has 0 bridgehead atoms. The molecule has 1 heterocycles. The zero-order valence-electron chi connectivity index (χ0n) is 13.8. The predicted octanol–water partition coefficient (Wildman–Crippen LogP) is 1.68. The van der Waals surface area contributed by atoms with Crippen LogP contribution in [0.1, 0.15) is 5.56 Å². The van der Waals surface area contributed by atoms with Crippen molar-refractivity contribution in [2.24, 2.45) is 0 Å². The van der Waals surface area contributed by atoms with Crippen molar-refractivity contribution in [2.45, 2.75) is 6.54 Å². The maximum Gasteiger partial charge on any atom is 0.511 e. The molecule has 2 rings (SSSR count). The smallest absolute Gasteiger partial charge is 0.501 e. The van der Waals surface area contributed by atoms with Crippen molar-refractivity contribution in [1.82, 2.24) is 4.57 Å². The highest BCUT2D eigenvalue weighted by Gasteiger charge is 2.26. The second kappa shape index (κ2) is 7.47. The molecule has 2 N–H and O–H groups in total. The van der Waals surface area contributed by atoms with E-state index in [1.807, 2.05) is 0 Å². The van der Waals surface area contributed by atoms with E-state index in [0.717, 1.165) is 4.57 Å². The maximum absolute atomic E-state index is 12.6. The number of methoxy groups -OCH3 is 3. The van der Waals surface area contributed by atoms with Crippen molar-refractivity contribution in [3.63, 3.8) is 0 Å². The molecule has 9 nitrogen and oxygen atoms in total. The Kier molecular flexibility index (Phi) is 5.38. The van der Waals surface area contributed by atoms with Crippen LogP contribution < -0.4 is 24.5 Å². The van der Waals surface area contributed by atoms with Gasteiger partial charge in [0.15, 0.2) is 0 Å². The molecule has 0 aliphatic heterocycles. The van der Waals surface area contributed by atoms with Crippen molar-refractivity contribution < 1.29 is 34.0 Å². The lowest BCUT2D eigenvalue weighted by Gasteiger charge is -2.17. The molecule has 0 amide bonds. The Morgan fingerprint density at radius 2 is 1.68 bits per heavy atom. The molecule has 134 valence electrons. The van der Waals surface area contributed by atoms with Crippen LogP contribution in [-0.4, -0.2) is 42.3 Å². The number of rotatable bonds is 6. The average Bonchev–Trinajstić information content (AvgIpc) is 2.61. The van der Waals surface area contributed by atoms with Gasteiger partial charge in [-0.2, -0.15) is 0 Å². The number of carboxylic acid groups (broad SMARTS) is 1. The third-order valence-electron chi connectivity index (χ3n) is 3.40. The van der Waals surface area contributed by atoms with E-state index in [0.29, 0.717) is 11.3 Å². The lowest BCUT2D eigenvalue weighted by Crippen LogP contribution is -2.25. The van der Waals surface area contributed by atoms with Gasteiger partial charge in [0, 0.05) is 0 Å². The second-order valence-electron chi connectivity index (χ2n) is 4.83. The average molecular weight is 351 g/mol. The topological polar surface area (TPSA) is 116 Å². The van der Waals surface area contributed by atoms with Crippen molar-refractivity contribution in [3.05, 3.63) is 40.2 Å². The number of hydrogen-bond donors (Lipinski definition) is 2. The number of pyridine rings is 1. The standard InChI is InChI=1S/C16H17NO8/c1-22-10-6-4-9(5-7-10)8-17-14(19)12(25-16(20)21)11(18)13(23-2)15(17)24-3/h4-7,18H,8H2,1-3H3,(H,20,21). The summed E-state index contributed by atoms with van der Waals surface area (Å²) in [6, 6.07) is 6.86. The number of ether oxygens (including phenoxy) is 4. The van der Waals surface area contributed by atoms with E-state index < -0.39 is 23.2 Å². The van der Waals surface area contributed by atoms with Gasteiger partial charge in [0.1, 0.15) is 5.75 Å². The van der Waals surface area contributed by atoms with Crippen molar-refractivity contribution in [2.75, 3.05) is 21.3 Å². The quantitative estimate of drug-likeness (QED) is 0.755. The molecule has 0 atom stereocenters. The van der Waals surface area contributed by atoms with E-state index in [4.69, 9.17) is 19.3 Å².